The van der Waals surface area contributed by atoms with E-state index in [-0.39, 0.29) is 12.6 Å². The molecule has 2 fully saturated rings. The van der Waals surface area contributed by atoms with Crippen LogP contribution in [0.4, 0.5) is 4.79 Å². The van der Waals surface area contributed by atoms with Crippen LogP contribution < -0.4 is 5.32 Å². The Kier molecular flexibility index (Phi) is 6.28. The van der Waals surface area contributed by atoms with E-state index < -0.39 is 11.4 Å². The maximum absolute atomic E-state index is 12.3. The summed E-state index contributed by atoms with van der Waals surface area (Å²) in [7, 11) is 0. The Morgan fingerprint density at radius 2 is 1.75 bits per heavy atom. The number of hydrogen-bond acceptors (Lipinski definition) is 3. The quantitative estimate of drug-likeness (QED) is 0.814. The van der Waals surface area contributed by atoms with Crippen molar-refractivity contribution in [1.82, 2.24) is 15.1 Å². The second-order valence-electron chi connectivity index (χ2n) is 9.15. The summed E-state index contributed by atoms with van der Waals surface area (Å²) in [6, 6.07) is 8.23. The number of nitrogens with one attached hydrogen (secondary N) is 1. The number of amides is 2. The van der Waals surface area contributed by atoms with Crippen molar-refractivity contribution in [2.45, 2.75) is 46.7 Å². The summed E-state index contributed by atoms with van der Waals surface area (Å²) in [6.45, 7) is 10.9. The normalized spacial score (nSPS) is 28.3. The maximum atomic E-state index is 12.3. The van der Waals surface area contributed by atoms with Crippen molar-refractivity contribution < 1.29 is 14.7 Å². The van der Waals surface area contributed by atoms with E-state index in [9.17, 15) is 14.7 Å². The van der Waals surface area contributed by atoms with Gasteiger partial charge in [-0.15, -0.1) is 0 Å². The number of likely N-dealkylation sites (tertiary alicyclic amines) is 2. The highest BCUT2D eigenvalue weighted by Gasteiger charge is 2.42. The zero-order valence-electron chi connectivity index (χ0n) is 17.3. The first-order valence-corrected chi connectivity index (χ1v) is 10.3. The van der Waals surface area contributed by atoms with Crippen LogP contribution in [0, 0.1) is 17.3 Å². The number of hydrogen-bond donors (Lipinski definition) is 2. The number of aliphatic carboxylic acids is 1. The van der Waals surface area contributed by atoms with E-state index in [1.54, 1.807) is 11.8 Å². The average Bonchev–Trinajstić information content (AvgIpc) is 3.04. The molecule has 1 aromatic carbocycles. The molecule has 0 aromatic heterocycles. The lowest BCUT2D eigenvalue weighted by Gasteiger charge is -2.35. The number of urea groups is 1. The molecule has 2 aliphatic rings. The molecule has 28 heavy (non-hydrogen) atoms. The van der Waals surface area contributed by atoms with Gasteiger partial charge in [-0.1, -0.05) is 38.1 Å². The SMILES string of the molecule is CC1CC(C)CN(Cc2ccc(CNC(=O)N3CCC(C)(C(=O)O)C3)cc2)C1. The molecule has 0 bridgehead atoms. The Hall–Kier alpha value is -2.08. The van der Waals surface area contributed by atoms with Crippen molar-refractivity contribution in [3.63, 3.8) is 0 Å². The van der Waals surface area contributed by atoms with Crippen LogP contribution in [0.3, 0.4) is 0 Å². The lowest BCUT2D eigenvalue weighted by molar-refractivity contribution is -0.147. The molecular weight excluding hydrogens is 354 g/mol. The molecule has 1 aromatic rings. The summed E-state index contributed by atoms with van der Waals surface area (Å²) in [5.74, 6) is 0.675. The van der Waals surface area contributed by atoms with Crippen LogP contribution in [0.25, 0.3) is 0 Å². The van der Waals surface area contributed by atoms with Gasteiger partial charge in [0.25, 0.3) is 0 Å². The summed E-state index contributed by atoms with van der Waals surface area (Å²) in [6.07, 6.45) is 1.82. The molecule has 154 valence electrons. The smallest absolute Gasteiger partial charge is 0.317 e. The number of rotatable bonds is 5. The van der Waals surface area contributed by atoms with Crippen LogP contribution in [0.5, 0.6) is 0 Å². The largest absolute Gasteiger partial charge is 0.481 e. The first-order chi connectivity index (χ1) is 13.2. The minimum Gasteiger partial charge on any atom is -0.481 e. The summed E-state index contributed by atoms with van der Waals surface area (Å²) >= 11 is 0. The number of carbonyl (C=O) groups is 2. The molecular formula is C22H33N3O3. The third-order valence-corrected chi connectivity index (χ3v) is 6.09. The van der Waals surface area contributed by atoms with Gasteiger partial charge in [0.2, 0.25) is 0 Å². The van der Waals surface area contributed by atoms with Gasteiger partial charge >= 0.3 is 12.0 Å². The lowest BCUT2D eigenvalue weighted by atomic mass is 9.90. The number of benzene rings is 1. The second-order valence-corrected chi connectivity index (χ2v) is 9.15. The molecule has 3 unspecified atom stereocenters. The second kappa shape index (κ2) is 8.52. The Bertz CT molecular complexity index is 695. The zero-order chi connectivity index (χ0) is 20.3. The number of carbonyl (C=O) groups excluding carboxylic acids is 1. The molecule has 2 aliphatic heterocycles. The van der Waals surface area contributed by atoms with Gasteiger partial charge in [0.1, 0.15) is 0 Å². The van der Waals surface area contributed by atoms with Crippen molar-refractivity contribution >= 4 is 12.0 Å². The Morgan fingerprint density at radius 3 is 2.32 bits per heavy atom. The molecule has 2 saturated heterocycles. The van der Waals surface area contributed by atoms with E-state index in [1.807, 2.05) is 0 Å². The van der Waals surface area contributed by atoms with E-state index in [4.69, 9.17) is 0 Å². The molecule has 2 N–H and O–H groups in total. The highest BCUT2D eigenvalue weighted by Crippen LogP contribution is 2.30. The fourth-order valence-electron chi connectivity index (χ4n) is 4.54. The third-order valence-electron chi connectivity index (χ3n) is 6.09. The molecule has 0 saturated carbocycles. The van der Waals surface area contributed by atoms with Gasteiger partial charge in [-0.2, -0.15) is 0 Å². The average molecular weight is 388 g/mol. The van der Waals surface area contributed by atoms with Gasteiger partial charge in [0.15, 0.2) is 0 Å². The Morgan fingerprint density at radius 1 is 1.14 bits per heavy atom. The van der Waals surface area contributed by atoms with Gasteiger partial charge in [-0.05, 0) is 42.7 Å². The van der Waals surface area contributed by atoms with Gasteiger partial charge in [-0.25, -0.2) is 4.79 Å². The van der Waals surface area contributed by atoms with Crippen molar-refractivity contribution in [2.24, 2.45) is 17.3 Å². The van der Waals surface area contributed by atoms with Gasteiger partial charge in [0.05, 0.1) is 5.41 Å². The third kappa shape index (κ3) is 5.04. The minimum absolute atomic E-state index is 0.189. The van der Waals surface area contributed by atoms with Crippen LogP contribution in [0.2, 0.25) is 0 Å². The fourth-order valence-corrected chi connectivity index (χ4v) is 4.54. The maximum Gasteiger partial charge on any atom is 0.317 e. The van der Waals surface area contributed by atoms with E-state index in [0.29, 0.717) is 19.5 Å². The van der Waals surface area contributed by atoms with Crippen molar-refractivity contribution in [1.29, 1.82) is 0 Å². The molecule has 0 radical (unpaired) electrons. The molecule has 6 heteroatoms. The van der Waals surface area contributed by atoms with Crippen LogP contribution in [-0.2, 0) is 17.9 Å². The summed E-state index contributed by atoms with van der Waals surface area (Å²) in [5.41, 5.74) is 1.52. The molecule has 2 amide bonds. The molecule has 2 heterocycles. The van der Waals surface area contributed by atoms with Crippen molar-refractivity contribution in [2.75, 3.05) is 26.2 Å². The summed E-state index contributed by atoms with van der Waals surface area (Å²) < 4.78 is 0. The Balaban J connectivity index is 1.47. The van der Waals surface area contributed by atoms with Crippen molar-refractivity contribution in [3.8, 4) is 0 Å². The van der Waals surface area contributed by atoms with E-state index in [0.717, 1.165) is 37.0 Å². The lowest BCUT2D eigenvalue weighted by Crippen LogP contribution is -2.40. The van der Waals surface area contributed by atoms with Crippen LogP contribution >= 0.6 is 0 Å². The number of carboxylic acids is 1. The number of carboxylic acid groups (broad SMARTS) is 1. The summed E-state index contributed by atoms with van der Waals surface area (Å²) in [4.78, 5) is 27.8. The molecule has 0 aliphatic carbocycles. The van der Waals surface area contributed by atoms with E-state index in [2.05, 4.69) is 48.3 Å². The van der Waals surface area contributed by atoms with Gasteiger partial charge in [-0.3, -0.25) is 9.69 Å². The Labute approximate surface area is 167 Å². The standard InChI is InChI=1S/C22H33N3O3/c1-16-10-17(2)13-24(12-16)14-19-6-4-18(5-7-19)11-23-21(28)25-9-8-22(3,15-25)20(26)27/h4-7,16-17H,8-15H2,1-3H3,(H,23,28)(H,26,27). The predicted octanol–water partition coefficient (Wildman–Crippen LogP) is 3.17. The molecule has 3 rings (SSSR count). The van der Waals surface area contributed by atoms with Gasteiger partial charge in [0, 0.05) is 39.3 Å². The first-order valence-electron chi connectivity index (χ1n) is 10.3. The van der Waals surface area contributed by atoms with E-state index >= 15 is 0 Å². The monoisotopic (exact) mass is 387 g/mol. The summed E-state index contributed by atoms with van der Waals surface area (Å²) in [5, 5.41) is 12.2. The van der Waals surface area contributed by atoms with Gasteiger partial charge < -0.3 is 15.3 Å². The fraction of sp³-hybridized carbons (Fsp3) is 0.636. The zero-order valence-corrected chi connectivity index (χ0v) is 17.3. The first kappa shape index (κ1) is 20.6. The predicted molar refractivity (Wildman–Crippen MR) is 109 cm³/mol. The van der Waals surface area contributed by atoms with E-state index in [1.165, 1.54) is 12.0 Å². The highest BCUT2D eigenvalue weighted by molar-refractivity contribution is 5.79. The topological polar surface area (TPSA) is 72.9 Å². The highest BCUT2D eigenvalue weighted by atomic mass is 16.4. The number of nitrogens with zero attached hydrogens (tertiary/aromatic N) is 2. The number of piperidine rings is 1. The van der Waals surface area contributed by atoms with Crippen molar-refractivity contribution in [3.05, 3.63) is 35.4 Å². The van der Waals surface area contributed by atoms with Crippen LogP contribution in [0.15, 0.2) is 24.3 Å². The molecule has 0 spiro atoms. The molecule has 3 atom stereocenters. The van der Waals surface area contributed by atoms with Crippen LogP contribution in [0.1, 0.15) is 44.7 Å². The van der Waals surface area contributed by atoms with Crippen LogP contribution in [-0.4, -0.2) is 53.1 Å². The minimum atomic E-state index is -0.837. The molecule has 6 nitrogen and oxygen atoms in total.